The summed E-state index contributed by atoms with van der Waals surface area (Å²) in [7, 11) is 0. The van der Waals surface area contributed by atoms with Crippen LogP contribution >= 0.6 is 0 Å². The molecule has 0 fully saturated rings. The van der Waals surface area contributed by atoms with Crippen molar-refractivity contribution in [1.29, 1.82) is 0 Å². The molecule has 8 nitrogen and oxygen atoms in total. The summed E-state index contributed by atoms with van der Waals surface area (Å²) in [6, 6.07) is 3.43. The van der Waals surface area contributed by atoms with Crippen LogP contribution in [0.5, 0.6) is 0 Å². The summed E-state index contributed by atoms with van der Waals surface area (Å²) in [4.78, 5) is 41.2. The fourth-order valence-electron chi connectivity index (χ4n) is 2.73. The molecule has 0 unspecified atom stereocenters. The van der Waals surface area contributed by atoms with E-state index < -0.39 is 17.2 Å². The van der Waals surface area contributed by atoms with Crippen molar-refractivity contribution in [2.75, 3.05) is 17.2 Å². The first-order valence-corrected chi connectivity index (χ1v) is 9.50. The minimum absolute atomic E-state index is 0.00504. The van der Waals surface area contributed by atoms with Gasteiger partial charge in [0.15, 0.2) is 5.69 Å². The van der Waals surface area contributed by atoms with Gasteiger partial charge in [0.25, 0.3) is 11.5 Å². The zero-order valence-electron chi connectivity index (χ0n) is 16.6. The predicted octanol–water partition coefficient (Wildman–Crippen LogP) is 2.60. The Hall–Kier alpha value is -3.03. The van der Waals surface area contributed by atoms with Gasteiger partial charge >= 0.3 is 5.69 Å². The molecule has 1 amide bonds. The van der Waals surface area contributed by atoms with E-state index in [-0.39, 0.29) is 11.5 Å². The Morgan fingerprint density at radius 3 is 2.75 bits per heavy atom. The highest BCUT2D eigenvalue weighted by molar-refractivity contribution is 6.04. The Morgan fingerprint density at radius 2 is 2.14 bits per heavy atom. The second kappa shape index (κ2) is 9.77. The number of hydrogen-bond acceptors (Lipinski definition) is 5. The smallest absolute Gasteiger partial charge is 0.330 e. The van der Waals surface area contributed by atoms with Crippen LogP contribution in [0.2, 0.25) is 0 Å². The molecule has 8 heteroatoms. The largest absolute Gasteiger partial charge is 0.465 e. The number of aromatic amines is 1. The van der Waals surface area contributed by atoms with E-state index in [4.69, 9.17) is 10.2 Å². The molecule has 0 spiro atoms. The van der Waals surface area contributed by atoms with Gasteiger partial charge in [-0.2, -0.15) is 0 Å². The zero-order valence-corrected chi connectivity index (χ0v) is 16.6. The average molecular weight is 388 g/mol. The Balaban J connectivity index is 2.46. The molecule has 0 aliphatic rings. The van der Waals surface area contributed by atoms with Gasteiger partial charge in [-0.05, 0) is 37.0 Å². The first-order chi connectivity index (χ1) is 13.3. The topological polar surface area (TPSA) is 114 Å². The molecule has 0 aliphatic heterocycles. The molecule has 0 radical (unpaired) electrons. The van der Waals surface area contributed by atoms with Crippen molar-refractivity contribution < 1.29 is 9.21 Å². The maximum absolute atomic E-state index is 12.9. The van der Waals surface area contributed by atoms with Crippen molar-refractivity contribution in [3.05, 3.63) is 51.1 Å². The van der Waals surface area contributed by atoms with Crippen LogP contribution in [-0.4, -0.2) is 22.0 Å². The Bertz CT molecular complexity index is 923. The highest BCUT2D eigenvalue weighted by Crippen LogP contribution is 2.19. The number of nitrogens with two attached hydrogens (primary N) is 1. The summed E-state index contributed by atoms with van der Waals surface area (Å²) in [6.07, 6.45) is 6.64. The lowest BCUT2D eigenvalue weighted by Crippen LogP contribution is -2.41. The molecule has 2 rings (SSSR count). The minimum atomic E-state index is -0.668. The van der Waals surface area contributed by atoms with E-state index in [9.17, 15) is 14.4 Å². The molecule has 2 aromatic heterocycles. The highest BCUT2D eigenvalue weighted by Gasteiger charge is 2.23. The average Bonchev–Trinajstić information content (AvgIpc) is 3.15. The fourth-order valence-corrected chi connectivity index (χ4v) is 2.73. The number of carbonyl (C=O) groups is 1. The van der Waals surface area contributed by atoms with Crippen LogP contribution in [0.1, 0.15) is 45.8 Å². The molecule has 0 aromatic carbocycles. The van der Waals surface area contributed by atoms with Gasteiger partial charge in [-0.25, -0.2) is 4.79 Å². The second-order valence-corrected chi connectivity index (χ2v) is 7.02. The summed E-state index contributed by atoms with van der Waals surface area (Å²) < 4.78 is 6.51. The minimum Gasteiger partial charge on any atom is -0.465 e. The third-order valence-electron chi connectivity index (χ3n) is 4.35. The summed E-state index contributed by atoms with van der Waals surface area (Å²) in [5.74, 6) is 0.434. The van der Waals surface area contributed by atoms with Gasteiger partial charge in [0.2, 0.25) is 0 Å². The number of nitrogens with zero attached hydrogens (tertiary/aromatic N) is 2. The number of unbranched alkanes of at least 4 members (excludes halogenated alkanes) is 1. The molecule has 3 N–H and O–H groups in total. The van der Waals surface area contributed by atoms with Crippen molar-refractivity contribution in [3.8, 4) is 0 Å². The Kier molecular flexibility index (Phi) is 7.43. The summed E-state index contributed by atoms with van der Waals surface area (Å²) in [5, 5.41) is 0. The molecule has 2 aromatic rings. The van der Waals surface area contributed by atoms with E-state index in [1.54, 1.807) is 12.1 Å². The fraction of sp³-hybridized carbons (Fsp3) is 0.450. The number of hydrogen-bond donors (Lipinski definition) is 2. The number of rotatable bonds is 9. The predicted molar refractivity (Wildman–Crippen MR) is 110 cm³/mol. The van der Waals surface area contributed by atoms with E-state index in [0.717, 1.165) is 12.8 Å². The summed E-state index contributed by atoms with van der Waals surface area (Å²) in [5.41, 5.74) is 4.94. The monoisotopic (exact) mass is 388 g/mol. The first-order valence-electron chi connectivity index (χ1n) is 9.50. The van der Waals surface area contributed by atoms with Gasteiger partial charge in [-0.3, -0.25) is 19.1 Å². The number of nitrogens with one attached hydrogen (secondary N) is 1. The highest BCUT2D eigenvalue weighted by atomic mass is 16.3. The van der Waals surface area contributed by atoms with Crippen LogP contribution in [0, 0.1) is 5.92 Å². The lowest BCUT2D eigenvalue weighted by molar-refractivity contribution is -0.114. The quantitative estimate of drug-likeness (QED) is 0.641. The molecule has 2 heterocycles. The van der Waals surface area contributed by atoms with Gasteiger partial charge in [0.1, 0.15) is 11.6 Å². The van der Waals surface area contributed by atoms with Crippen LogP contribution in [0.25, 0.3) is 6.08 Å². The van der Waals surface area contributed by atoms with Crippen molar-refractivity contribution in [2.24, 2.45) is 5.92 Å². The number of anilines is 2. The number of amides is 1. The standard InChI is InChI=1S/C20H28N4O4/c1-4-5-11-24-18(21)17(19(26)22-20(24)27)23(12-10-14(2)3)16(25)9-8-15-7-6-13-28-15/h6-9,13-14H,4-5,10-12,21H2,1-3H3,(H,22,26,27)/b9-8+. The van der Waals surface area contributed by atoms with E-state index in [0.29, 0.717) is 31.2 Å². The maximum Gasteiger partial charge on any atom is 0.330 e. The van der Waals surface area contributed by atoms with E-state index in [1.165, 1.54) is 27.9 Å². The lowest BCUT2D eigenvalue weighted by Gasteiger charge is -2.24. The van der Waals surface area contributed by atoms with Crippen molar-refractivity contribution >= 4 is 23.5 Å². The third kappa shape index (κ3) is 5.25. The van der Waals surface area contributed by atoms with Gasteiger partial charge in [-0.1, -0.05) is 27.2 Å². The molecule has 28 heavy (non-hydrogen) atoms. The lowest BCUT2D eigenvalue weighted by atomic mass is 10.1. The van der Waals surface area contributed by atoms with Gasteiger partial charge in [0, 0.05) is 19.2 Å². The van der Waals surface area contributed by atoms with E-state index >= 15 is 0 Å². The summed E-state index contributed by atoms with van der Waals surface area (Å²) >= 11 is 0. The van der Waals surface area contributed by atoms with Crippen molar-refractivity contribution in [1.82, 2.24) is 9.55 Å². The van der Waals surface area contributed by atoms with Gasteiger partial charge in [0.05, 0.1) is 6.26 Å². The van der Waals surface area contributed by atoms with Gasteiger partial charge < -0.3 is 15.1 Å². The van der Waals surface area contributed by atoms with Crippen molar-refractivity contribution in [3.63, 3.8) is 0 Å². The molecule has 152 valence electrons. The second-order valence-electron chi connectivity index (χ2n) is 7.02. The molecule has 0 atom stereocenters. The molecular formula is C20H28N4O4. The van der Waals surface area contributed by atoms with E-state index in [2.05, 4.69) is 4.98 Å². The first kappa shape index (κ1) is 21.3. The number of furan rings is 1. The number of nitrogen functional groups attached to an aromatic ring is 1. The molecule has 0 bridgehead atoms. The van der Waals surface area contributed by atoms with Crippen LogP contribution in [0.15, 0.2) is 38.5 Å². The van der Waals surface area contributed by atoms with Crippen LogP contribution < -0.4 is 21.9 Å². The SMILES string of the molecule is CCCCn1c(N)c(N(CCC(C)C)C(=O)/C=C/c2ccco2)c(=O)[nH]c1=O. The number of H-pyrrole nitrogens is 1. The zero-order chi connectivity index (χ0) is 20.7. The van der Waals surface area contributed by atoms with Crippen LogP contribution in [0.3, 0.4) is 0 Å². The molecular weight excluding hydrogens is 360 g/mol. The molecule has 0 saturated heterocycles. The van der Waals surface area contributed by atoms with Crippen LogP contribution in [0.4, 0.5) is 11.5 Å². The van der Waals surface area contributed by atoms with Crippen LogP contribution in [-0.2, 0) is 11.3 Å². The number of carbonyl (C=O) groups excluding carboxylic acids is 1. The maximum atomic E-state index is 12.9. The van der Waals surface area contributed by atoms with E-state index in [1.807, 2.05) is 20.8 Å². The van der Waals surface area contributed by atoms with Crippen molar-refractivity contribution in [2.45, 2.75) is 46.6 Å². The number of aromatic nitrogens is 2. The molecule has 0 aliphatic carbocycles. The Labute approximate surface area is 163 Å². The molecule has 0 saturated carbocycles. The Morgan fingerprint density at radius 1 is 1.39 bits per heavy atom. The summed E-state index contributed by atoms with van der Waals surface area (Å²) in [6.45, 7) is 6.72. The third-order valence-corrected chi connectivity index (χ3v) is 4.35. The van der Waals surface area contributed by atoms with Gasteiger partial charge in [-0.15, -0.1) is 0 Å². The normalized spacial score (nSPS) is 11.4.